The number of carboxylic acids is 1. The summed E-state index contributed by atoms with van der Waals surface area (Å²) in [5, 5.41) is 29.6. The summed E-state index contributed by atoms with van der Waals surface area (Å²) >= 11 is 0. The van der Waals surface area contributed by atoms with Crippen LogP contribution < -0.4 is 5.32 Å². The van der Waals surface area contributed by atoms with Crippen LogP contribution in [0.5, 0.6) is 5.75 Å². The summed E-state index contributed by atoms with van der Waals surface area (Å²) in [5.74, 6) is -1.98. The highest BCUT2D eigenvalue weighted by atomic mass is 16.4. The van der Waals surface area contributed by atoms with E-state index in [9.17, 15) is 14.7 Å². The number of aromatic hydroxyl groups is 1. The molecular weight excluding hydrogens is 272 g/mol. The number of carbonyl (C=O) groups is 2. The van der Waals surface area contributed by atoms with Crippen LogP contribution in [-0.4, -0.2) is 22.1 Å². The molecule has 0 bridgehead atoms. The number of phenols is 1. The smallest absolute Gasteiger partial charge is 0.335 e. The monoisotopic (exact) mass is 282 g/mol. The first kappa shape index (κ1) is 14.1. The predicted molar refractivity (Wildman–Crippen MR) is 74.2 cm³/mol. The molecule has 2 rings (SSSR count). The summed E-state index contributed by atoms with van der Waals surface area (Å²) in [7, 11) is 0. The normalized spacial score (nSPS) is 9.67. The number of carboxylic acid groups (broad SMARTS) is 1. The van der Waals surface area contributed by atoms with Gasteiger partial charge < -0.3 is 15.5 Å². The Labute approximate surface area is 119 Å². The lowest BCUT2D eigenvalue weighted by Gasteiger charge is -2.08. The average Bonchev–Trinajstić information content (AvgIpc) is 2.49. The minimum atomic E-state index is -1.17. The number of rotatable bonds is 3. The van der Waals surface area contributed by atoms with E-state index in [1.165, 1.54) is 36.4 Å². The zero-order valence-corrected chi connectivity index (χ0v) is 10.7. The fraction of sp³-hybridized carbons (Fsp3) is 0. The van der Waals surface area contributed by atoms with Gasteiger partial charge in [0.1, 0.15) is 5.75 Å². The van der Waals surface area contributed by atoms with Gasteiger partial charge in [-0.2, -0.15) is 5.26 Å². The Morgan fingerprint density at radius 3 is 2.19 bits per heavy atom. The molecule has 2 aromatic rings. The van der Waals surface area contributed by atoms with Crippen molar-refractivity contribution < 1.29 is 19.8 Å². The number of hydrogen-bond donors (Lipinski definition) is 3. The number of carbonyl (C=O) groups excluding carboxylic acids is 1. The van der Waals surface area contributed by atoms with Crippen molar-refractivity contribution in [2.45, 2.75) is 0 Å². The fourth-order valence-corrected chi connectivity index (χ4v) is 1.66. The molecule has 0 aliphatic heterocycles. The predicted octanol–water partition coefficient (Wildman–Crippen LogP) is 2.21. The lowest BCUT2D eigenvalue weighted by atomic mass is 10.1. The van der Waals surface area contributed by atoms with Crippen molar-refractivity contribution in [3.8, 4) is 11.8 Å². The quantitative estimate of drug-likeness (QED) is 0.747. The number of aromatic carboxylic acids is 1. The molecule has 6 heteroatoms. The molecule has 0 fully saturated rings. The van der Waals surface area contributed by atoms with Gasteiger partial charge in [0.05, 0.1) is 22.9 Å². The molecule has 0 unspecified atom stereocenters. The van der Waals surface area contributed by atoms with Crippen LogP contribution in [0.2, 0.25) is 0 Å². The molecule has 1 amide bonds. The largest absolute Gasteiger partial charge is 0.506 e. The molecule has 0 spiro atoms. The van der Waals surface area contributed by atoms with Crippen molar-refractivity contribution in [3.05, 3.63) is 59.2 Å². The van der Waals surface area contributed by atoms with Crippen molar-refractivity contribution in [2.75, 3.05) is 5.32 Å². The highest BCUT2D eigenvalue weighted by molar-refractivity contribution is 6.05. The van der Waals surface area contributed by atoms with E-state index in [1.54, 1.807) is 0 Å². The summed E-state index contributed by atoms with van der Waals surface area (Å²) in [5.41, 5.74) is 0.772. The van der Waals surface area contributed by atoms with Crippen LogP contribution in [0.3, 0.4) is 0 Å². The highest BCUT2D eigenvalue weighted by Gasteiger charge is 2.11. The van der Waals surface area contributed by atoms with Gasteiger partial charge in [0, 0.05) is 5.56 Å². The maximum atomic E-state index is 12.0. The van der Waals surface area contributed by atoms with E-state index < -0.39 is 11.9 Å². The SMILES string of the molecule is N#Cc1ccc(C(=O)Nc2ccc(C(=O)O)cc2O)cc1. The first-order chi connectivity index (χ1) is 10.0. The summed E-state index contributed by atoms with van der Waals surface area (Å²) in [6, 6.07) is 11.5. The van der Waals surface area contributed by atoms with Crippen molar-refractivity contribution in [2.24, 2.45) is 0 Å². The van der Waals surface area contributed by atoms with Crippen molar-refractivity contribution >= 4 is 17.6 Å². The topological polar surface area (TPSA) is 110 Å². The molecule has 21 heavy (non-hydrogen) atoms. The van der Waals surface area contributed by atoms with Gasteiger partial charge in [-0.1, -0.05) is 0 Å². The number of amides is 1. The number of nitrogens with zero attached hydrogens (tertiary/aromatic N) is 1. The molecular formula is C15H10N2O4. The molecule has 0 saturated carbocycles. The maximum absolute atomic E-state index is 12.0. The molecule has 3 N–H and O–H groups in total. The van der Waals surface area contributed by atoms with Crippen LogP contribution in [0.4, 0.5) is 5.69 Å². The third kappa shape index (κ3) is 3.16. The minimum Gasteiger partial charge on any atom is -0.506 e. The van der Waals surface area contributed by atoms with Crippen molar-refractivity contribution in [1.82, 2.24) is 0 Å². The lowest BCUT2D eigenvalue weighted by molar-refractivity contribution is 0.0696. The zero-order chi connectivity index (χ0) is 15.4. The van der Waals surface area contributed by atoms with Gasteiger partial charge in [-0.25, -0.2) is 4.79 Å². The highest BCUT2D eigenvalue weighted by Crippen LogP contribution is 2.24. The van der Waals surface area contributed by atoms with E-state index >= 15 is 0 Å². The van der Waals surface area contributed by atoms with E-state index in [1.807, 2.05) is 6.07 Å². The van der Waals surface area contributed by atoms with E-state index in [2.05, 4.69) is 5.32 Å². The van der Waals surface area contributed by atoms with Gasteiger partial charge in [0.15, 0.2) is 0 Å². The van der Waals surface area contributed by atoms with Gasteiger partial charge in [-0.05, 0) is 42.5 Å². The Bertz CT molecular complexity index is 745. The van der Waals surface area contributed by atoms with Gasteiger partial charge in [-0.15, -0.1) is 0 Å². The average molecular weight is 282 g/mol. The Hall–Kier alpha value is -3.33. The molecule has 0 aliphatic carbocycles. The van der Waals surface area contributed by atoms with E-state index in [4.69, 9.17) is 10.4 Å². The number of benzene rings is 2. The van der Waals surface area contributed by atoms with E-state index in [-0.39, 0.29) is 17.0 Å². The van der Waals surface area contributed by atoms with E-state index in [0.717, 1.165) is 6.07 Å². The molecule has 0 aromatic heterocycles. The second-order valence-corrected chi connectivity index (χ2v) is 4.18. The van der Waals surface area contributed by atoms with Crippen molar-refractivity contribution in [1.29, 1.82) is 5.26 Å². The summed E-state index contributed by atoms with van der Waals surface area (Å²) < 4.78 is 0. The standard InChI is InChI=1S/C15H10N2O4/c16-8-9-1-3-10(4-2-9)14(19)17-12-6-5-11(15(20)21)7-13(12)18/h1-7,18H,(H,17,19)(H,20,21). The molecule has 0 heterocycles. The Morgan fingerprint density at radius 2 is 1.67 bits per heavy atom. The molecule has 104 valence electrons. The molecule has 2 aromatic carbocycles. The number of nitriles is 1. The number of phenolic OH excluding ortho intramolecular Hbond substituents is 1. The van der Waals surface area contributed by atoms with Crippen LogP contribution >= 0.6 is 0 Å². The zero-order valence-electron chi connectivity index (χ0n) is 10.7. The second-order valence-electron chi connectivity index (χ2n) is 4.18. The lowest BCUT2D eigenvalue weighted by Crippen LogP contribution is -2.12. The van der Waals surface area contributed by atoms with Crippen LogP contribution in [-0.2, 0) is 0 Å². The van der Waals surface area contributed by atoms with Crippen molar-refractivity contribution in [3.63, 3.8) is 0 Å². The second kappa shape index (κ2) is 5.75. The van der Waals surface area contributed by atoms with Crippen LogP contribution in [0.25, 0.3) is 0 Å². The maximum Gasteiger partial charge on any atom is 0.335 e. The number of anilines is 1. The molecule has 0 aliphatic rings. The van der Waals surface area contributed by atoms with Gasteiger partial charge in [-0.3, -0.25) is 4.79 Å². The molecule has 0 saturated heterocycles. The summed E-state index contributed by atoms with van der Waals surface area (Å²) in [6.45, 7) is 0. The Kier molecular flexibility index (Phi) is 3.86. The first-order valence-corrected chi connectivity index (χ1v) is 5.89. The van der Waals surface area contributed by atoms with Crippen LogP contribution in [0, 0.1) is 11.3 Å². The Morgan fingerprint density at radius 1 is 1.05 bits per heavy atom. The van der Waals surface area contributed by atoms with E-state index in [0.29, 0.717) is 11.1 Å². The minimum absolute atomic E-state index is 0.0797. The third-order valence-corrected chi connectivity index (χ3v) is 2.77. The fourth-order valence-electron chi connectivity index (χ4n) is 1.66. The number of hydrogen-bond acceptors (Lipinski definition) is 4. The van der Waals surface area contributed by atoms with Gasteiger partial charge in [0.25, 0.3) is 5.91 Å². The Balaban J connectivity index is 2.19. The van der Waals surface area contributed by atoms with Crippen LogP contribution in [0.15, 0.2) is 42.5 Å². The van der Waals surface area contributed by atoms with Crippen LogP contribution in [0.1, 0.15) is 26.3 Å². The summed E-state index contributed by atoms with van der Waals surface area (Å²) in [4.78, 5) is 22.7. The summed E-state index contributed by atoms with van der Waals surface area (Å²) in [6.07, 6.45) is 0. The van der Waals surface area contributed by atoms with Gasteiger partial charge in [0.2, 0.25) is 0 Å². The molecule has 0 atom stereocenters. The third-order valence-electron chi connectivity index (χ3n) is 2.77. The first-order valence-electron chi connectivity index (χ1n) is 5.89. The number of nitrogens with one attached hydrogen (secondary N) is 1. The molecule has 6 nitrogen and oxygen atoms in total. The molecule has 0 radical (unpaired) electrons. The van der Waals surface area contributed by atoms with Gasteiger partial charge >= 0.3 is 5.97 Å².